The van der Waals surface area contributed by atoms with Gasteiger partial charge >= 0.3 is 0 Å². The maximum atomic E-state index is 11.7. The molecule has 0 aliphatic rings. The second kappa shape index (κ2) is 5.44. The zero-order chi connectivity index (χ0) is 13.2. The molecule has 9 heteroatoms. The van der Waals surface area contributed by atoms with Gasteiger partial charge in [-0.2, -0.15) is 0 Å². The third-order valence-corrected chi connectivity index (χ3v) is 5.93. The lowest BCUT2D eigenvalue weighted by molar-refractivity contribution is -0.125. The molecule has 0 fully saturated rings. The highest BCUT2D eigenvalue weighted by atomic mass is 79.9. The largest absolute Gasteiger partial charge is 0.382 e. The van der Waals surface area contributed by atoms with Crippen LogP contribution in [0.15, 0.2) is 14.1 Å². The highest BCUT2D eigenvalue weighted by Gasteiger charge is 2.20. The average Bonchev–Trinajstić information content (AvgIpc) is 2.56. The van der Waals surface area contributed by atoms with Crippen molar-refractivity contribution in [1.82, 2.24) is 4.72 Å². The Kier molecular flexibility index (Phi) is 4.67. The fraction of sp³-hybridized carbons (Fsp3) is 0.375. The Balaban J connectivity index is 2.79. The van der Waals surface area contributed by atoms with Gasteiger partial charge in [-0.3, -0.25) is 4.79 Å². The molecular weight excluding hydrogens is 332 g/mol. The van der Waals surface area contributed by atoms with Gasteiger partial charge in [-0.1, -0.05) is 0 Å². The maximum absolute atomic E-state index is 11.7. The number of hydrogen-bond acceptors (Lipinski definition) is 5. The van der Waals surface area contributed by atoms with Crippen LogP contribution in [0.3, 0.4) is 0 Å². The second-order valence-corrected chi connectivity index (χ2v) is 7.66. The van der Waals surface area contributed by atoms with E-state index in [0.717, 1.165) is 16.9 Å². The fourth-order valence-corrected chi connectivity index (χ4v) is 4.23. The Morgan fingerprint density at radius 1 is 1.71 bits per heavy atom. The van der Waals surface area contributed by atoms with E-state index in [9.17, 15) is 13.2 Å². The summed E-state index contributed by atoms with van der Waals surface area (Å²) in [6, 6.07) is 1.49. The minimum atomic E-state index is -3.72. The first-order valence-electron chi connectivity index (χ1n) is 4.47. The fourth-order valence-electron chi connectivity index (χ4n) is 0.925. The number of carbonyl (C=O) groups excluding carboxylic acids is 1. The van der Waals surface area contributed by atoms with Crippen molar-refractivity contribution < 1.29 is 18.3 Å². The number of aliphatic hydroxyl groups excluding tert-OH is 1. The topological polar surface area (TPSA) is 109 Å². The molecule has 0 spiro atoms. The molecule has 1 atom stereocenters. The number of rotatable bonds is 5. The molecule has 17 heavy (non-hydrogen) atoms. The summed E-state index contributed by atoms with van der Waals surface area (Å²) in [5, 5.41) is 9.09. The van der Waals surface area contributed by atoms with Crippen LogP contribution in [0.1, 0.15) is 5.56 Å². The number of nitrogens with two attached hydrogens (primary N) is 1. The van der Waals surface area contributed by atoms with Gasteiger partial charge in [0.15, 0.2) is 0 Å². The van der Waals surface area contributed by atoms with Crippen LogP contribution in [0.4, 0.5) is 0 Å². The summed E-state index contributed by atoms with van der Waals surface area (Å²) < 4.78 is 26.4. The molecule has 0 aromatic carbocycles. The predicted octanol–water partition coefficient (Wildman–Crippen LogP) is -0.0565. The van der Waals surface area contributed by atoms with Crippen LogP contribution in [0, 0.1) is 6.92 Å². The molecule has 1 aromatic heterocycles. The van der Waals surface area contributed by atoms with Gasteiger partial charge in [-0.15, -0.1) is 11.3 Å². The molecule has 0 aliphatic carbocycles. The Morgan fingerprint density at radius 3 is 2.71 bits per heavy atom. The first-order chi connectivity index (χ1) is 7.74. The Bertz CT molecular complexity index is 506. The van der Waals surface area contributed by atoms with Crippen molar-refractivity contribution >= 4 is 43.2 Å². The molecule has 0 aliphatic heterocycles. The van der Waals surface area contributed by atoms with Crippen molar-refractivity contribution in [1.29, 1.82) is 0 Å². The van der Waals surface area contributed by atoms with Crippen molar-refractivity contribution in [3.63, 3.8) is 0 Å². The van der Waals surface area contributed by atoms with Crippen molar-refractivity contribution in [2.45, 2.75) is 17.2 Å². The first-order valence-corrected chi connectivity index (χ1v) is 7.56. The molecule has 96 valence electrons. The van der Waals surface area contributed by atoms with Gasteiger partial charge in [0.25, 0.3) is 0 Å². The number of thiophene rings is 1. The SMILES string of the molecule is Cc1cc(S(=O)(=O)NCC(O)C(N)=O)sc1Br. The third kappa shape index (κ3) is 3.75. The molecule has 0 radical (unpaired) electrons. The summed E-state index contributed by atoms with van der Waals surface area (Å²) in [6.45, 7) is 1.32. The number of primary amides is 1. The van der Waals surface area contributed by atoms with Crippen molar-refractivity contribution in [3.8, 4) is 0 Å². The molecule has 0 saturated heterocycles. The van der Waals surface area contributed by atoms with Crippen LogP contribution in [0.5, 0.6) is 0 Å². The summed E-state index contributed by atoms with van der Waals surface area (Å²) >= 11 is 4.26. The van der Waals surface area contributed by atoms with E-state index in [0.29, 0.717) is 3.79 Å². The smallest absolute Gasteiger partial charge is 0.250 e. The van der Waals surface area contributed by atoms with Crippen LogP contribution in [-0.4, -0.2) is 32.1 Å². The first kappa shape index (κ1) is 14.6. The lowest BCUT2D eigenvalue weighted by Crippen LogP contribution is -2.39. The number of carbonyl (C=O) groups is 1. The van der Waals surface area contributed by atoms with E-state index in [2.05, 4.69) is 20.7 Å². The molecule has 1 aromatic rings. The predicted molar refractivity (Wildman–Crippen MR) is 67.1 cm³/mol. The Morgan fingerprint density at radius 2 is 2.29 bits per heavy atom. The number of aliphatic hydroxyl groups is 1. The van der Waals surface area contributed by atoms with E-state index in [4.69, 9.17) is 10.8 Å². The van der Waals surface area contributed by atoms with Crippen LogP contribution < -0.4 is 10.5 Å². The summed E-state index contributed by atoms with van der Waals surface area (Å²) in [4.78, 5) is 10.5. The van der Waals surface area contributed by atoms with Crippen LogP contribution in [-0.2, 0) is 14.8 Å². The van der Waals surface area contributed by atoms with Gasteiger partial charge in [0.05, 0.1) is 3.79 Å². The number of hydrogen-bond donors (Lipinski definition) is 3. The van der Waals surface area contributed by atoms with E-state index in [-0.39, 0.29) is 4.21 Å². The van der Waals surface area contributed by atoms with E-state index >= 15 is 0 Å². The lowest BCUT2D eigenvalue weighted by Gasteiger charge is -2.07. The normalized spacial score (nSPS) is 13.6. The zero-order valence-corrected chi connectivity index (χ0v) is 12.0. The van der Waals surface area contributed by atoms with E-state index in [1.165, 1.54) is 6.07 Å². The van der Waals surface area contributed by atoms with Crippen LogP contribution in [0.2, 0.25) is 0 Å². The summed E-state index contributed by atoms with van der Waals surface area (Å²) in [6.07, 6.45) is -1.53. The molecule has 4 N–H and O–H groups in total. The van der Waals surface area contributed by atoms with Crippen molar-refractivity contribution in [2.75, 3.05) is 6.54 Å². The molecule has 1 amide bonds. The van der Waals surface area contributed by atoms with Gasteiger partial charge in [0, 0.05) is 6.54 Å². The van der Waals surface area contributed by atoms with Gasteiger partial charge < -0.3 is 10.8 Å². The molecule has 6 nitrogen and oxygen atoms in total. The average molecular weight is 343 g/mol. The van der Waals surface area contributed by atoms with Crippen LogP contribution >= 0.6 is 27.3 Å². The minimum absolute atomic E-state index is 0.110. The Hall–Kier alpha value is -0.480. The van der Waals surface area contributed by atoms with Gasteiger partial charge in [0.2, 0.25) is 15.9 Å². The molecule has 0 bridgehead atoms. The van der Waals surface area contributed by atoms with Gasteiger partial charge in [-0.25, -0.2) is 13.1 Å². The monoisotopic (exact) mass is 342 g/mol. The zero-order valence-electron chi connectivity index (χ0n) is 8.81. The number of amides is 1. The van der Waals surface area contributed by atoms with Gasteiger partial charge in [0.1, 0.15) is 10.3 Å². The minimum Gasteiger partial charge on any atom is -0.382 e. The molecule has 0 saturated carbocycles. The Labute approximate surface area is 111 Å². The molecule has 1 unspecified atom stereocenters. The number of aryl methyl sites for hydroxylation is 1. The van der Waals surface area contributed by atoms with Crippen molar-refractivity contribution in [3.05, 3.63) is 15.4 Å². The van der Waals surface area contributed by atoms with E-state index < -0.39 is 28.6 Å². The highest BCUT2D eigenvalue weighted by molar-refractivity contribution is 9.11. The van der Waals surface area contributed by atoms with E-state index in [1.54, 1.807) is 6.92 Å². The quantitative estimate of drug-likeness (QED) is 0.696. The number of nitrogens with one attached hydrogen (secondary N) is 1. The summed E-state index contributed by atoms with van der Waals surface area (Å²) in [7, 11) is -3.72. The standard InChI is InChI=1S/C8H11BrN2O4S2/c1-4-2-6(16-7(4)9)17(14,15)11-3-5(12)8(10)13/h2,5,11-12H,3H2,1H3,(H2,10,13). The second-order valence-electron chi connectivity index (χ2n) is 3.29. The summed E-state index contributed by atoms with van der Waals surface area (Å²) in [5.41, 5.74) is 5.60. The molecule has 1 rings (SSSR count). The van der Waals surface area contributed by atoms with Crippen molar-refractivity contribution in [2.24, 2.45) is 5.73 Å². The number of halogens is 1. The number of sulfonamides is 1. The maximum Gasteiger partial charge on any atom is 0.250 e. The van der Waals surface area contributed by atoms with Gasteiger partial charge in [-0.05, 0) is 34.5 Å². The molecule has 1 heterocycles. The molecular formula is C8H11BrN2O4S2. The third-order valence-electron chi connectivity index (χ3n) is 1.89. The lowest BCUT2D eigenvalue weighted by atomic mass is 10.3. The summed E-state index contributed by atoms with van der Waals surface area (Å²) in [5.74, 6) is -0.976. The van der Waals surface area contributed by atoms with E-state index in [1.807, 2.05) is 0 Å². The van der Waals surface area contributed by atoms with Crippen LogP contribution in [0.25, 0.3) is 0 Å². The highest BCUT2D eigenvalue weighted by Crippen LogP contribution is 2.30.